The maximum Gasteiger partial charge on any atom is 0.416 e. The van der Waals surface area contributed by atoms with E-state index in [0.717, 1.165) is 11.8 Å². The summed E-state index contributed by atoms with van der Waals surface area (Å²) in [5, 5.41) is 11.2. The van der Waals surface area contributed by atoms with Gasteiger partial charge in [0, 0.05) is 24.8 Å². The molecule has 0 bridgehead atoms. The van der Waals surface area contributed by atoms with E-state index in [1.54, 1.807) is 24.3 Å². The molecule has 3 heterocycles. The molecule has 1 aromatic heterocycles. The summed E-state index contributed by atoms with van der Waals surface area (Å²) < 4.78 is 71.6. The topological polar surface area (TPSA) is 78.2 Å². The Kier molecular flexibility index (Phi) is 7.29. The van der Waals surface area contributed by atoms with E-state index in [9.17, 15) is 26.7 Å². The van der Waals surface area contributed by atoms with E-state index in [-0.39, 0.29) is 18.7 Å². The molecule has 0 saturated carbocycles. The average molecular weight is 508 g/mol. The number of carbonyl (C=O) groups is 1. The van der Waals surface area contributed by atoms with Crippen LogP contribution in [0.4, 0.5) is 22.0 Å². The Bertz CT molecular complexity index is 1110. The van der Waals surface area contributed by atoms with E-state index < -0.39 is 42.7 Å². The van der Waals surface area contributed by atoms with Gasteiger partial charge in [-0.15, -0.1) is 0 Å². The molecule has 6 nitrogen and oxygen atoms in total. The van der Waals surface area contributed by atoms with Gasteiger partial charge in [-0.25, -0.2) is 8.78 Å². The molecular formula is C25H25F5N4O2. The standard InChI is InChI=1S/C25H25F5N4O2/c26-21(27)19-5-6-20(32-12-19)13-34-10-9-23(14-34,8-7-17-1-3-18(11-31)4-2-17)22(35)33-24(15-36-16-24)25(28,29)30/h1-6,12,21H,7-10,13-16H2,(H,33,35)/t23-/m1/s1. The molecule has 1 aromatic carbocycles. The van der Waals surface area contributed by atoms with Crippen LogP contribution in [0, 0.1) is 16.7 Å². The summed E-state index contributed by atoms with van der Waals surface area (Å²) in [6.07, 6.45) is -5.11. The van der Waals surface area contributed by atoms with Crippen molar-refractivity contribution in [2.24, 2.45) is 5.41 Å². The molecule has 2 aromatic rings. The highest BCUT2D eigenvalue weighted by atomic mass is 19.4. The number of alkyl halides is 5. The number of nitriles is 1. The fourth-order valence-electron chi connectivity index (χ4n) is 4.58. The molecule has 1 amide bonds. The number of hydrogen-bond acceptors (Lipinski definition) is 5. The van der Waals surface area contributed by atoms with Crippen molar-refractivity contribution in [3.63, 3.8) is 0 Å². The van der Waals surface area contributed by atoms with Crippen LogP contribution in [0.2, 0.25) is 0 Å². The number of pyridine rings is 1. The molecule has 4 rings (SSSR count). The third-order valence-electron chi connectivity index (χ3n) is 6.97. The van der Waals surface area contributed by atoms with Crippen molar-refractivity contribution in [2.45, 2.75) is 43.9 Å². The highest BCUT2D eigenvalue weighted by molar-refractivity contribution is 5.84. The predicted molar refractivity (Wildman–Crippen MR) is 119 cm³/mol. The Morgan fingerprint density at radius 2 is 1.92 bits per heavy atom. The van der Waals surface area contributed by atoms with Gasteiger partial charge in [0.25, 0.3) is 6.43 Å². The summed E-state index contributed by atoms with van der Waals surface area (Å²) in [5.41, 5.74) is -1.81. The van der Waals surface area contributed by atoms with Gasteiger partial charge >= 0.3 is 6.18 Å². The molecule has 1 N–H and O–H groups in total. The van der Waals surface area contributed by atoms with Gasteiger partial charge in [0.05, 0.1) is 36.0 Å². The maximum atomic E-state index is 13.7. The van der Waals surface area contributed by atoms with Crippen molar-refractivity contribution in [3.8, 4) is 6.07 Å². The quantitative estimate of drug-likeness (QED) is 0.542. The van der Waals surface area contributed by atoms with Crippen molar-refractivity contribution in [1.29, 1.82) is 5.26 Å². The van der Waals surface area contributed by atoms with Crippen LogP contribution in [0.5, 0.6) is 0 Å². The molecule has 0 aliphatic carbocycles. The number of nitrogens with one attached hydrogen (secondary N) is 1. The van der Waals surface area contributed by atoms with E-state index in [4.69, 9.17) is 10.00 Å². The molecule has 1 atom stereocenters. The Balaban J connectivity index is 1.51. The van der Waals surface area contributed by atoms with Gasteiger partial charge in [-0.3, -0.25) is 14.7 Å². The average Bonchev–Trinajstić information content (AvgIpc) is 3.23. The molecule has 0 radical (unpaired) electrons. The first-order valence-electron chi connectivity index (χ1n) is 11.5. The first kappa shape index (κ1) is 26.0. The Morgan fingerprint density at radius 1 is 1.19 bits per heavy atom. The molecule has 2 fully saturated rings. The molecule has 192 valence electrons. The van der Waals surface area contributed by atoms with Crippen LogP contribution in [0.25, 0.3) is 0 Å². The van der Waals surface area contributed by atoms with E-state index >= 15 is 0 Å². The van der Waals surface area contributed by atoms with Gasteiger partial charge in [0.2, 0.25) is 5.91 Å². The normalized spacial score (nSPS) is 21.7. The number of rotatable bonds is 8. The summed E-state index contributed by atoms with van der Waals surface area (Å²) in [7, 11) is 0. The van der Waals surface area contributed by atoms with Crippen molar-refractivity contribution in [1.82, 2.24) is 15.2 Å². The molecule has 36 heavy (non-hydrogen) atoms. The number of aryl methyl sites for hydroxylation is 1. The van der Waals surface area contributed by atoms with Crippen molar-refractivity contribution >= 4 is 5.91 Å². The summed E-state index contributed by atoms with van der Waals surface area (Å²) in [5.74, 6) is -0.680. The Labute approximate surface area is 205 Å². The zero-order valence-electron chi connectivity index (χ0n) is 19.3. The highest BCUT2D eigenvalue weighted by Gasteiger charge is 2.62. The zero-order chi connectivity index (χ0) is 26.0. The lowest BCUT2D eigenvalue weighted by Gasteiger charge is -2.45. The van der Waals surface area contributed by atoms with Crippen molar-refractivity contribution in [3.05, 3.63) is 65.0 Å². The van der Waals surface area contributed by atoms with Crippen LogP contribution < -0.4 is 5.32 Å². The smallest absolute Gasteiger partial charge is 0.376 e. The Morgan fingerprint density at radius 3 is 2.44 bits per heavy atom. The zero-order valence-corrected chi connectivity index (χ0v) is 19.3. The number of halogens is 5. The van der Waals surface area contributed by atoms with Gasteiger partial charge in [-0.1, -0.05) is 12.1 Å². The number of likely N-dealkylation sites (tertiary alicyclic amines) is 1. The van der Waals surface area contributed by atoms with Gasteiger partial charge < -0.3 is 10.1 Å². The maximum absolute atomic E-state index is 13.7. The Hall–Kier alpha value is -3.10. The van der Waals surface area contributed by atoms with Crippen molar-refractivity contribution in [2.75, 3.05) is 26.3 Å². The number of carbonyl (C=O) groups excluding carboxylic acids is 1. The van der Waals surface area contributed by atoms with E-state index in [2.05, 4.69) is 10.3 Å². The van der Waals surface area contributed by atoms with E-state index in [0.29, 0.717) is 37.1 Å². The molecule has 2 aliphatic heterocycles. The van der Waals surface area contributed by atoms with E-state index in [1.165, 1.54) is 12.1 Å². The third-order valence-corrected chi connectivity index (χ3v) is 6.97. The second-order valence-electron chi connectivity index (χ2n) is 9.46. The van der Waals surface area contributed by atoms with Crippen LogP contribution in [-0.4, -0.2) is 53.8 Å². The lowest BCUT2D eigenvalue weighted by Crippen LogP contribution is -2.72. The van der Waals surface area contributed by atoms with Crippen LogP contribution in [-0.2, 0) is 22.5 Å². The summed E-state index contributed by atoms with van der Waals surface area (Å²) in [6.45, 7) is -0.337. The summed E-state index contributed by atoms with van der Waals surface area (Å²) in [6, 6.07) is 11.7. The number of aromatic nitrogens is 1. The lowest BCUT2D eigenvalue weighted by molar-refractivity contribution is -0.267. The molecular weight excluding hydrogens is 483 g/mol. The molecule has 0 spiro atoms. The second kappa shape index (κ2) is 10.1. The SMILES string of the molecule is N#Cc1ccc(CC[C@@]2(C(=O)NC3(C(F)(F)F)COC3)CCN(Cc3ccc(C(F)F)cn3)C2)cc1. The predicted octanol–water partition coefficient (Wildman–Crippen LogP) is 4.16. The fraction of sp³-hybridized carbons (Fsp3) is 0.480. The van der Waals surface area contributed by atoms with Gasteiger partial charge in [0.15, 0.2) is 5.54 Å². The van der Waals surface area contributed by atoms with Gasteiger partial charge in [0.1, 0.15) is 0 Å². The van der Waals surface area contributed by atoms with Crippen LogP contribution >= 0.6 is 0 Å². The first-order valence-corrected chi connectivity index (χ1v) is 11.5. The molecule has 0 unspecified atom stereocenters. The highest BCUT2D eigenvalue weighted by Crippen LogP contribution is 2.41. The van der Waals surface area contributed by atoms with Crippen LogP contribution in [0.15, 0.2) is 42.6 Å². The van der Waals surface area contributed by atoms with E-state index in [1.807, 2.05) is 11.0 Å². The van der Waals surface area contributed by atoms with Gasteiger partial charge in [-0.2, -0.15) is 18.4 Å². The third kappa shape index (κ3) is 5.34. The number of benzene rings is 1. The van der Waals surface area contributed by atoms with Crippen LogP contribution in [0.3, 0.4) is 0 Å². The number of hydrogen-bond donors (Lipinski definition) is 1. The minimum atomic E-state index is -4.65. The number of amides is 1. The minimum Gasteiger partial charge on any atom is -0.376 e. The lowest BCUT2D eigenvalue weighted by atomic mass is 9.79. The minimum absolute atomic E-state index is 0.197. The first-order chi connectivity index (χ1) is 17.1. The number of ether oxygens (including phenoxy) is 1. The van der Waals surface area contributed by atoms with Gasteiger partial charge in [-0.05, 0) is 55.6 Å². The molecule has 2 saturated heterocycles. The van der Waals surface area contributed by atoms with Crippen molar-refractivity contribution < 1.29 is 31.5 Å². The summed E-state index contributed by atoms with van der Waals surface area (Å²) in [4.78, 5) is 19.4. The summed E-state index contributed by atoms with van der Waals surface area (Å²) >= 11 is 0. The largest absolute Gasteiger partial charge is 0.416 e. The number of nitrogens with zero attached hydrogens (tertiary/aromatic N) is 3. The van der Waals surface area contributed by atoms with Crippen LogP contribution in [0.1, 0.15) is 41.7 Å². The fourth-order valence-corrected chi connectivity index (χ4v) is 4.58. The second-order valence-corrected chi connectivity index (χ2v) is 9.46. The molecule has 11 heteroatoms. The molecule has 2 aliphatic rings. The monoisotopic (exact) mass is 508 g/mol.